The fourth-order valence-corrected chi connectivity index (χ4v) is 1.70. The van der Waals surface area contributed by atoms with Gasteiger partial charge >= 0.3 is 0 Å². The van der Waals surface area contributed by atoms with Gasteiger partial charge in [0.1, 0.15) is 5.75 Å². The molecule has 0 saturated heterocycles. The summed E-state index contributed by atoms with van der Waals surface area (Å²) in [6, 6.07) is 7.55. The van der Waals surface area contributed by atoms with Crippen LogP contribution >= 0.6 is 0 Å². The van der Waals surface area contributed by atoms with Gasteiger partial charge in [-0.25, -0.2) is 0 Å². The first-order valence-corrected chi connectivity index (χ1v) is 4.86. The molecule has 13 heavy (non-hydrogen) atoms. The normalized spacial score (nSPS) is 11.6. The minimum absolute atomic E-state index is 0.174. The molecule has 0 aliphatic rings. The van der Waals surface area contributed by atoms with E-state index in [1.165, 1.54) is 12.0 Å². The Balaban J connectivity index is 2.93. The zero-order chi connectivity index (χ0) is 9.90. The summed E-state index contributed by atoms with van der Waals surface area (Å²) < 4.78 is 0. The molecule has 0 fully saturated rings. The Hall–Kier alpha value is -0.980. The van der Waals surface area contributed by atoms with Gasteiger partial charge in [-0.3, -0.25) is 0 Å². The van der Waals surface area contributed by atoms with Crippen LogP contribution in [0.15, 0.2) is 24.3 Å². The van der Waals surface area contributed by atoms with Crippen molar-refractivity contribution in [2.24, 2.45) is 0 Å². The van der Waals surface area contributed by atoms with Gasteiger partial charge in [0, 0.05) is 0 Å². The fourth-order valence-electron chi connectivity index (χ4n) is 1.70. The Morgan fingerprint density at radius 2 is 2.00 bits per heavy atom. The van der Waals surface area contributed by atoms with Gasteiger partial charge in [-0.1, -0.05) is 39.3 Å². The highest BCUT2D eigenvalue weighted by Gasteiger charge is 2.19. The average molecular weight is 178 g/mol. The number of hydrogen-bond donors (Lipinski definition) is 1. The van der Waals surface area contributed by atoms with Gasteiger partial charge < -0.3 is 5.11 Å². The number of hydrogen-bond acceptors (Lipinski definition) is 1. The SMILES string of the molecule is CCCC(C)(C)c1cccc(O)c1. The topological polar surface area (TPSA) is 20.2 Å². The molecule has 1 nitrogen and oxygen atoms in total. The number of phenols is 1. The van der Waals surface area contributed by atoms with Crippen LogP contribution in [0.25, 0.3) is 0 Å². The van der Waals surface area contributed by atoms with Crippen LogP contribution in [-0.4, -0.2) is 5.11 Å². The lowest BCUT2D eigenvalue weighted by atomic mass is 9.81. The quantitative estimate of drug-likeness (QED) is 0.751. The largest absolute Gasteiger partial charge is 0.508 e. The van der Waals surface area contributed by atoms with Crippen LogP contribution in [-0.2, 0) is 5.41 Å². The summed E-state index contributed by atoms with van der Waals surface area (Å²) in [6.07, 6.45) is 2.32. The molecule has 0 spiro atoms. The smallest absolute Gasteiger partial charge is 0.115 e. The van der Waals surface area contributed by atoms with Gasteiger partial charge in [-0.2, -0.15) is 0 Å². The van der Waals surface area contributed by atoms with Gasteiger partial charge in [0.15, 0.2) is 0 Å². The summed E-state index contributed by atoms with van der Waals surface area (Å²) in [5.41, 5.74) is 1.39. The molecule has 1 rings (SSSR count). The predicted molar refractivity (Wildman–Crippen MR) is 56.0 cm³/mol. The Morgan fingerprint density at radius 1 is 1.31 bits per heavy atom. The zero-order valence-corrected chi connectivity index (χ0v) is 8.67. The first kappa shape index (κ1) is 10.1. The molecule has 0 amide bonds. The van der Waals surface area contributed by atoms with E-state index in [0.29, 0.717) is 5.75 Å². The fraction of sp³-hybridized carbons (Fsp3) is 0.500. The first-order chi connectivity index (χ1) is 6.06. The molecule has 0 radical (unpaired) electrons. The minimum Gasteiger partial charge on any atom is -0.508 e. The highest BCUT2D eigenvalue weighted by atomic mass is 16.3. The van der Waals surface area contributed by atoms with Crippen molar-refractivity contribution < 1.29 is 5.11 Å². The molecule has 0 aliphatic carbocycles. The summed E-state index contributed by atoms with van der Waals surface area (Å²) in [4.78, 5) is 0. The summed E-state index contributed by atoms with van der Waals surface area (Å²) in [6.45, 7) is 6.61. The molecular weight excluding hydrogens is 160 g/mol. The van der Waals surface area contributed by atoms with E-state index in [9.17, 15) is 5.11 Å². The Kier molecular flexibility index (Phi) is 2.97. The van der Waals surface area contributed by atoms with Crippen molar-refractivity contribution in [3.63, 3.8) is 0 Å². The molecule has 1 heteroatoms. The zero-order valence-electron chi connectivity index (χ0n) is 8.67. The van der Waals surface area contributed by atoms with E-state index in [-0.39, 0.29) is 5.41 Å². The van der Waals surface area contributed by atoms with Gasteiger partial charge in [-0.05, 0) is 29.5 Å². The predicted octanol–water partition coefficient (Wildman–Crippen LogP) is 3.47. The van der Waals surface area contributed by atoms with E-state index in [4.69, 9.17) is 0 Å². The van der Waals surface area contributed by atoms with E-state index in [1.807, 2.05) is 12.1 Å². The van der Waals surface area contributed by atoms with Crippen molar-refractivity contribution in [1.82, 2.24) is 0 Å². The van der Waals surface area contributed by atoms with E-state index in [0.717, 1.165) is 6.42 Å². The van der Waals surface area contributed by atoms with E-state index in [1.54, 1.807) is 6.07 Å². The molecule has 0 aliphatic heterocycles. The third-order valence-electron chi connectivity index (χ3n) is 2.50. The van der Waals surface area contributed by atoms with E-state index in [2.05, 4.69) is 26.8 Å². The molecular formula is C12H18O. The highest BCUT2D eigenvalue weighted by molar-refractivity contribution is 5.31. The van der Waals surface area contributed by atoms with Crippen LogP contribution in [0.1, 0.15) is 39.2 Å². The van der Waals surface area contributed by atoms with Crippen molar-refractivity contribution in [3.05, 3.63) is 29.8 Å². The molecule has 0 unspecified atom stereocenters. The lowest BCUT2D eigenvalue weighted by Gasteiger charge is -2.24. The van der Waals surface area contributed by atoms with Crippen LogP contribution in [0.3, 0.4) is 0 Å². The van der Waals surface area contributed by atoms with Crippen LogP contribution in [0, 0.1) is 0 Å². The average Bonchev–Trinajstić information content (AvgIpc) is 2.04. The first-order valence-electron chi connectivity index (χ1n) is 4.86. The van der Waals surface area contributed by atoms with Crippen LogP contribution in [0.4, 0.5) is 0 Å². The van der Waals surface area contributed by atoms with Crippen molar-refractivity contribution in [2.75, 3.05) is 0 Å². The summed E-state index contributed by atoms with van der Waals surface area (Å²) in [7, 11) is 0. The minimum atomic E-state index is 0.174. The van der Waals surface area contributed by atoms with Crippen LogP contribution in [0.2, 0.25) is 0 Å². The van der Waals surface area contributed by atoms with Crippen molar-refractivity contribution in [1.29, 1.82) is 0 Å². The van der Waals surface area contributed by atoms with Crippen LogP contribution in [0.5, 0.6) is 5.75 Å². The summed E-state index contributed by atoms with van der Waals surface area (Å²) >= 11 is 0. The molecule has 0 atom stereocenters. The lowest BCUT2D eigenvalue weighted by Crippen LogP contribution is -2.16. The molecule has 72 valence electrons. The third kappa shape index (κ3) is 2.48. The molecule has 0 saturated carbocycles. The standard InChI is InChI=1S/C12H18O/c1-4-8-12(2,3)10-6-5-7-11(13)9-10/h5-7,9,13H,4,8H2,1-3H3. The maximum atomic E-state index is 9.34. The lowest BCUT2D eigenvalue weighted by molar-refractivity contribution is 0.454. The second kappa shape index (κ2) is 3.82. The van der Waals surface area contributed by atoms with Gasteiger partial charge in [-0.15, -0.1) is 0 Å². The Morgan fingerprint density at radius 3 is 2.54 bits per heavy atom. The molecule has 0 heterocycles. The maximum Gasteiger partial charge on any atom is 0.115 e. The van der Waals surface area contributed by atoms with E-state index < -0.39 is 0 Å². The Bertz CT molecular complexity index is 276. The second-order valence-corrected chi connectivity index (χ2v) is 4.18. The molecule has 1 aromatic carbocycles. The summed E-state index contributed by atoms with van der Waals surface area (Å²) in [5.74, 6) is 0.363. The summed E-state index contributed by atoms with van der Waals surface area (Å²) in [5, 5.41) is 9.34. The van der Waals surface area contributed by atoms with Gasteiger partial charge in [0.2, 0.25) is 0 Å². The van der Waals surface area contributed by atoms with Gasteiger partial charge in [0.25, 0.3) is 0 Å². The molecule has 1 aromatic rings. The molecule has 0 aromatic heterocycles. The third-order valence-corrected chi connectivity index (χ3v) is 2.50. The number of benzene rings is 1. The van der Waals surface area contributed by atoms with Crippen molar-refractivity contribution >= 4 is 0 Å². The van der Waals surface area contributed by atoms with Crippen LogP contribution < -0.4 is 0 Å². The van der Waals surface area contributed by atoms with Crippen molar-refractivity contribution in [2.45, 2.75) is 39.0 Å². The second-order valence-electron chi connectivity index (χ2n) is 4.18. The number of aromatic hydroxyl groups is 1. The van der Waals surface area contributed by atoms with Gasteiger partial charge in [0.05, 0.1) is 0 Å². The number of phenolic OH excluding ortho intramolecular Hbond substituents is 1. The molecule has 1 N–H and O–H groups in total. The monoisotopic (exact) mass is 178 g/mol. The molecule has 0 bridgehead atoms. The maximum absolute atomic E-state index is 9.34. The van der Waals surface area contributed by atoms with Crippen molar-refractivity contribution in [3.8, 4) is 5.75 Å². The highest BCUT2D eigenvalue weighted by Crippen LogP contribution is 2.29. The van der Waals surface area contributed by atoms with E-state index >= 15 is 0 Å². The Labute approximate surface area is 80.4 Å². The number of rotatable bonds is 3.